The summed E-state index contributed by atoms with van der Waals surface area (Å²) in [5.74, 6) is 0.786. The molecule has 0 aliphatic heterocycles. The average molecular weight is 245 g/mol. The molecule has 1 aromatic heterocycles. The SMILES string of the molecule is CCNc1nc2c(C)c([N+](=O)[O-])ccc2cc1C. The smallest absolute Gasteiger partial charge is 0.274 e. The normalized spacial score (nSPS) is 10.6. The average Bonchev–Trinajstić information content (AvgIpc) is 2.31. The van der Waals surface area contributed by atoms with Crippen molar-refractivity contribution in [2.45, 2.75) is 20.8 Å². The molecule has 0 bridgehead atoms. The van der Waals surface area contributed by atoms with Gasteiger partial charge in [0.25, 0.3) is 5.69 Å². The molecule has 5 heteroatoms. The largest absolute Gasteiger partial charge is 0.370 e. The summed E-state index contributed by atoms with van der Waals surface area (Å²) < 4.78 is 0. The van der Waals surface area contributed by atoms with Gasteiger partial charge in [-0.05, 0) is 38.5 Å². The van der Waals surface area contributed by atoms with E-state index >= 15 is 0 Å². The Hall–Kier alpha value is -2.17. The molecule has 0 radical (unpaired) electrons. The minimum absolute atomic E-state index is 0.112. The summed E-state index contributed by atoms with van der Waals surface area (Å²) >= 11 is 0. The van der Waals surface area contributed by atoms with Gasteiger partial charge >= 0.3 is 0 Å². The summed E-state index contributed by atoms with van der Waals surface area (Å²) in [6, 6.07) is 5.28. The molecule has 1 N–H and O–H groups in total. The molecule has 18 heavy (non-hydrogen) atoms. The van der Waals surface area contributed by atoms with Crippen LogP contribution >= 0.6 is 0 Å². The van der Waals surface area contributed by atoms with Gasteiger partial charge in [0.2, 0.25) is 0 Å². The Morgan fingerprint density at radius 1 is 1.39 bits per heavy atom. The highest BCUT2D eigenvalue weighted by atomic mass is 16.6. The van der Waals surface area contributed by atoms with Gasteiger partial charge in [-0.3, -0.25) is 10.1 Å². The Balaban J connectivity index is 2.71. The Kier molecular flexibility index (Phi) is 3.14. The van der Waals surface area contributed by atoms with Crippen LogP contribution in [0.15, 0.2) is 18.2 Å². The number of hydrogen-bond acceptors (Lipinski definition) is 4. The van der Waals surface area contributed by atoms with Crippen LogP contribution < -0.4 is 5.32 Å². The van der Waals surface area contributed by atoms with Crippen LogP contribution in [0.3, 0.4) is 0 Å². The molecule has 0 saturated heterocycles. The van der Waals surface area contributed by atoms with E-state index in [0.717, 1.165) is 23.3 Å². The van der Waals surface area contributed by atoms with Gasteiger partial charge in [-0.2, -0.15) is 0 Å². The second-order valence-corrected chi connectivity index (χ2v) is 4.22. The second kappa shape index (κ2) is 4.60. The Labute approximate surface area is 105 Å². The van der Waals surface area contributed by atoms with E-state index in [0.29, 0.717) is 11.1 Å². The van der Waals surface area contributed by atoms with Crippen LogP contribution in [0.4, 0.5) is 11.5 Å². The Morgan fingerprint density at radius 2 is 2.11 bits per heavy atom. The molecule has 94 valence electrons. The first-order valence-electron chi connectivity index (χ1n) is 5.83. The third-order valence-electron chi connectivity index (χ3n) is 2.94. The van der Waals surface area contributed by atoms with E-state index in [4.69, 9.17) is 0 Å². The third-order valence-corrected chi connectivity index (χ3v) is 2.94. The molecule has 2 aromatic rings. The minimum atomic E-state index is -0.372. The number of benzene rings is 1. The van der Waals surface area contributed by atoms with Crippen molar-refractivity contribution in [3.8, 4) is 0 Å². The van der Waals surface area contributed by atoms with Gasteiger partial charge in [0.15, 0.2) is 0 Å². The molecule has 0 fully saturated rings. The lowest BCUT2D eigenvalue weighted by atomic mass is 10.1. The lowest BCUT2D eigenvalue weighted by molar-refractivity contribution is -0.385. The highest BCUT2D eigenvalue weighted by Gasteiger charge is 2.15. The zero-order chi connectivity index (χ0) is 13.3. The Morgan fingerprint density at radius 3 is 2.72 bits per heavy atom. The van der Waals surface area contributed by atoms with Crippen LogP contribution in [0.25, 0.3) is 10.9 Å². The number of aromatic nitrogens is 1. The van der Waals surface area contributed by atoms with Gasteiger partial charge in [0.1, 0.15) is 5.82 Å². The van der Waals surface area contributed by atoms with Crippen molar-refractivity contribution < 1.29 is 4.92 Å². The van der Waals surface area contributed by atoms with Gasteiger partial charge in [-0.1, -0.05) is 0 Å². The van der Waals surface area contributed by atoms with Crippen molar-refractivity contribution in [2.24, 2.45) is 0 Å². The quantitative estimate of drug-likeness (QED) is 0.666. The summed E-state index contributed by atoms with van der Waals surface area (Å²) in [4.78, 5) is 15.0. The molecular formula is C13H15N3O2. The predicted molar refractivity (Wildman–Crippen MR) is 72.0 cm³/mol. The van der Waals surface area contributed by atoms with Crippen LogP contribution in [0.2, 0.25) is 0 Å². The minimum Gasteiger partial charge on any atom is -0.370 e. The van der Waals surface area contributed by atoms with E-state index in [1.165, 1.54) is 6.07 Å². The number of nitrogens with one attached hydrogen (secondary N) is 1. The monoisotopic (exact) mass is 245 g/mol. The molecule has 5 nitrogen and oxygen atoms in total. The highest BCUT2D eigenvalue weighted by molar-refractivity contribution is 5.87. The lowest BCUT2D eigenvalue weighted by Crippen LogP contribution is -2.03. The molecule has 1 aromatic carbocycles. The molecule has 0 spiro atoms. The molecule has 2 rings (SSSR count). The molecule has 0 unspecified atom stereocenters. The second-order valence-electron chi connectivity index (χ2n) is 4.22. The van der Waals surface area contributed by atoms with E-state index in [1.807, 2.05) is 19.9 Å². The van der Waals surface area contributed by atoms with Crippen molar-refractivity contribution in [3.05, 3.63) is 39.4 Å². The van der Waals surface area contributed by atoms with Crippen LogP contribution in [0.5, 0.6) is 0 Å². The summed E-state index contributed by atoms with van der Waals surface area (Å²) in [5, 5.41) is 15.0. The van der Waals surface area contributed by atoms with Crippen molar-refractivity contribution in [2.75, 3.05) is 11.9 Å². The van der Waals surface area contributed by atoms with Crippen LogP contribution in [-0.2, 0) is 0 Å². The van der Waals surface area contributed by atoms with E-state index in [2.05, 4.69) is 10.3 Å². The van der Waals surface area contributed by atoms with Crippen molar-refractivity contribution in [1.29, 1.82) is 0 Å². The first kappa shape index (κ1) is 12.3. The Bertz CT molecular complexity index is 623. The highest BCUT2D eigenvalue weighted by Crippen LogP contribution is 2.28. The number of hydrogen-bond donors (Lipinski definition) is 1. The number of nitrogens with zero attached hydrogens (tertiary/aromatic N) is 2. The van der Waals surface area contributed by atoms with Gasteiger partial charge in [-0.25, -0.2) is 4.98 Å². The standard InChI is InChI=1S/C13H15N3O2/c1-4-14-13-8(2)7-10-5-6-11(16(17)18)9(3)12(10)15-13/h5-7H,4H2,1-3H3,(H,14,15). The number of pyridine rings is 1. The summed E-state index contributed by atoms with van der Waals surface area (Å²) in [6.45, 7) is 6.47. The van der Waals surface area contributed by atoms with Crippen LogP contribution in [0.1, 0.15) is 18.1 Å². The van der Waals surface area contributed by atoms with Crippen molar-refractivity contribution >= 4 is 22.4 Å². The maximum absolute atomic E-state index is 10.9. The van der Waals surface area contributed by atoms with E-state index in [1.54, 1.807) is 13.0 Å². The topological polar surface area (TPSA) is 68.1 Å². The van der Waals surface area contributed by atoms with Gasteiger partial charge in [0.05, 0.1) is 16.0 Å². The molecule has 0 saturated carbocycles. The van der Waals surface area contributed by atoms with E-state index < -0.39 is 0 Å². The summed E-state index contributed by atoms with van der Waals surface area (Å²) in [5.41, 5.74) is 2.45. The molecule has 0 aliphatic rings. The number of fused-ring (bicyclic) bond motifs is 1. The van der Waals surface area contributed by atoms with Gasteiger partial charge in [0, 0.05) is 18.0 Å². The fourth-order valence-electron chi connectivity index (χ4n) is 2.02. The molecule has 0 aliphatic carbocycles. The van der Waals surface area contributed by atoms with E-state index in [9.17, 15) is 10.1 Å². The fraction of sp³-hybridized carbons (Fsp3) is 0.308. The van der Waals surface area contributed by atoms with Crippen LogP contribution in [-0.4, -0.2) is 16.5 Å². The summed E-state index contributed by atoms with van der Waals surface area (Å²) in [7, 11) is 0. The van der Waals surface area contributed by atoms with E-state index in [-0.39, 0.29) is 10.6 Å². The molecule has 1 heterocycles. The van der Waals surface area contributed by atoms with Gasteiger partial charge < -0.3 is 5.32 Å². The third kappa shape index (κ3) is 1.99. The zero-order valence-corrected chi connectivity index (χ0v) is 10.7. The lowest BCUT2D eigenvalue weighted by Gasteiger charge is -2.09. The van der Waals surface area contributed by atoms with Crippen LogP contribution in [0, 0.1) is 24.0 Å². The first-order valence-corrected chi connectivity index (χ1v) is 5.83. The molecular weight excluding hydrogens is 230 g/mol. The number of aryl methyl sites for hydroxylation is 2. The molecule has 0 atom stereocenters. The van der Waals surface area contributed by atoms with Crippen molar-refractivity contribution in [3.63, 3.8) is 0 Å². The maximum atomic E-state index is 10.9. The van der Waals surface area contributed by atoms with Crippen molar-refractivity contribution in [1.82, 2.24) is 4.98 Å². The predicted octanol–water partition coefficient (Wildman–Crippen LogP) is 3.19. The first-order chi connectivity index (χ1) is 8.54. The fourth-order valence-corrected chi connectivity index (χ4v) is 2.02. The van der Waals surface area contributed by atoms with Gasteiger partial charge in [-0.15, -0.1) is 0 Å². The maximum Gasteiger partial charge on any atom is 0.274 e. The molecule has 0 amide bonds. The summed E-state index contributed by atoms with van der Waals surface area (Å²) in [6.07, 6.45) is 0. The number of anilines is 1. The number of rotatable bonds is 3. The zero-order valence-electron chi connectivity index (χ0n) is 10.7. The number of nitro benzene ring substituents is 1. The number of nitro groups is 1.